The van der Waals surface area contributed by atoms with Crippen molar-refractivity contribution in [2.45, 2.75) is 49.4 Å². The monoisotopic (exact) mass is 967 g/mol. The van der Waals surface area contributed by atoms with E-state index in [4.69, 9.17) is 4.74 Å². The first-order valence-corrected chi connectivity index (χ1v) is 27.1. The Balaban J connectivity index is 0.932. The van der Waals surface area contributed by atoms with Gasteiger partial charge in [-0.3, -0.25) is 0 Å². The van der Waals surface area contributed by atoms with Crippen molar-refractivity contribution in [2.24, 2.45) is 0 Å². The van der Waals surface area contributed by atoms with Crippen LogP contribution >= 0.6 is 0 Å². The first kappa shape index (κ1) is 41.4. The molecule has 0 aromatic heterocycles. The van der Waals surface area contributed by atoms with Gasteiger partial charge in [-0.2, -0.15) is 0 Å². The number of nitrogens with zero attached hydrogens (tertiary/aromatic N) is 1. The van der Waals surface area contributed by atoms with Gasteiger partial charge in [0.1, 0.15) is 0 Å². The number of hydrogen-bond donors (Lipinski definition) is 0. The second-order valence-electron chi connectivity index (χ2n) is 23.4. The maximum Gasteiger partial charge on any atom is 0.151 e. The third-order valence-electron chi connectivity index (χ3n) is 19.5. The van der Waals surface area contributed by atoms with Gasteiger partial charge in [0.15, 0.2) is 11.5 Å². The largest absolute Gasteiger partial charge is 0.453 e. The van der Waals surface area contributed by atoms with Crippen LogP contribution in [0.5, 0.6) is 11.5 Å². The first-order valence-electron chi connectivity index (χ1n) is 27.1. The zero-order valence-electron chi connectivity index (χ0n) is 42.7. The standard InChI is InChI=1S/C74H49NO/c1-71(2)55-28-14-8-26-47(55)49-36-63-51(34-61(49)71)53-38-67-69(40-65(53)73(63)57-30-16-10-22-43(57)44-23-11-17-31-58(44)73)76-70-41-66-54(39-68(70)75(67)42-20-6-5-7-21-42)52-35-62-50(48-27-9-15-29-56(48)72(62,3)4)37-64(52)74(66)59-32-18-12-24-45(59)46-25-13-19-33-60(46)74/h5-41H,1-4H3. The van der Waals surface area contributed by atoms with Gasteiger partial charge in [-0.15, -0.1) is 0 Å². The summed E-state index contributed by atoms with van der Waals surface area (Å²) in [6.45, 7) is 9.62. The third-order valence-corrected chi connectivity index (χ3v) is 19.5. The molecule has 1 heterocycles. The predicted molar refractivity (Wildman–Crippen MR) is 309 cm³/mol. The zero-order valence-corrected chi connectivity index (χ0v) is 42.7. The quantitative estimate of drug-likeness (QED) is 0.163. The topological polar surface area (TPSA) is 12.5 Å². The van der Waals surface area contributed by atoms with Crippen molar-refractivity contribution in [1.82, 2.24) is 0 Å². The lowest BCUT2D eigenvalue weighted by Crippen LogP contribution is -2.27. The Bertz CT molecular complexity index is 4150. The molecule has 0 bridgehead atoms. The summed E-state index contributed by atoms with van der Waals surface area (Å²) in [6.07, 6.45) is 0. The fourth-order valence-corrected chi connectivity index (χ4v) is 16.3. The van der Waals surface area contributed by atoms with Gasteiger partial charge in [0.25, 0.3) is 0 Å². The second-order valence-corrected chi connectivity index (χ2v) is 23.4. The molecule has 7 aliphatic rings. The molecule has 0 saturated carbocycles. The summed E-state index contributed by atoms with van der Waals surface area (Å²) < 4.78 is 7.71. The molecule has 11 aromatic carbocycles. The third kappa shape index (κ3) is 4.59. The van der Waals surface area contributed by atoms with E-state index in [9.17, 15) is 0 Å². The normalized spacial score (nSPS) is 16.7. The summed E-state index contributed by atoms with van der Waals surface area (Å²) in [7, 11) is 0. The van der Waals surface area contributed by atoms with E-state index < -0.39 is 10.8 Å². The molecular formula is C74H49NO. The molecule has 2 spiro atoms. The van der Waals surface area contributed by atoms with E-state index >= 15 is 0 Å². The molecule has 1 aliphatic heterocycles. The number of ether oxygens (including phenoxy) is 1. The van der Waals surface area contributed by atoms with Crippen LogP contribution in [0.2, 0.25) is 0 Å². The molecule has 76 heavy (non-hydrogen) atoms. The molecule has 18 rings (SSSR count). The molecule has 11 aromatic rings. The van der Waals surface area contributed by atoms with E-state index in [1.165, 1.54) is 134 Å². The van der Waals surface area contributed by atoms with Gasteiger partial charge in [-0.25, -0.2) is 0 Å². The van der Waals surface area contributed by atoms with Crippen molar-refractivity contribution < 1.29 is 4.74 Å². The highest BCUT2D eigenvalue weighted by molar-refractivity contribution is 6.04. The number of para-hydroxylation sites is 1. The molecule has 2 nitrogen and oxygen atoms in total. The lowest BCUT2D eigenvalue weighted by Gasteiger charge is -2.36. The van der Waals surface area contributed by atoms with Crippen LogP contribution in [0, 0.1) is 0 Å². The van der Waals surface area contributed by atoms with Crippen LogP contribution in [0.1, 0.15) is 94.5 Å². The van der Waals surface area contributed by atoms with Crippen LogP contribution in [0.25, 0.3) is 66.8 Å². The van der Waals surface area contributed by atoms with Crippen LogP contribution in [-0.2, 0) is 21.7 Å². The summed E-state index contributed by atoms with van der Waals surface area (Å²) in [4.78, 5) is 2.50. The molecule has 6 aliphatic carbocycles. The summed E-state index contributed by atoms with van der Waals surface area (Å²) in [5.41, 5.74) is 33.4. The van der Waals surface area contributed by atoms with Crippen molar-refractivity contribution in [3.63, 3.8) is 0 Å². The van der Waals surface area contributed by atoms with E-state index in [0.29, 0.717) is 0 Å². The van der Waals surface area contributed by atoms with Crippen molar-refractivity contribution in [2.75, 3.05) is 4.90 Å². The second kappa shape index (κ2) is 13.6. The Morgan fingerprint density at radius 2 is 0.526 bits per heavy atom. The smallest absolute Gasteiger partial charge is 0.151 e. The molecule has 0 atom stereocenters. The van der Waals surface area contributed by atoms with E-state index in [1.54, 1.807) is 0 Å². The average Bonchev–Trinajstić information content (AvgIpc) is 4.41. The summed E-state index contributed by atoms with van der Waals surface area (Å²) in [6, 6.07) is 85.9. The summed E-state index contributed by atoms with van der Waals surface area (Å²) >= 11 is 0. The van der Waals surface area contributed by atoms with E-state index in [0.717, 1.165) is 28.6 Å². The van der Waals surface area contributed by atoms with Crippen LogP contribution in [-0.4, -0.2) is 0 Å². The maximum absolute atomic E-state index is 7.71. The van der Waals surface area contributed by atoms with Gasteiger partial charge in [0.05, 0.1) is 22.2 Å². The van der Waals surface area contributed by atoms with Gasteiger partial charge < -0.3 is 9.64 Å². The van der Waals surface area contributed by atoms with Gasteiger partial charge in [-0.05, 0) is 194 Å². The highest BCUT2D eigenvalue weighted by Crippen LogP contribution is 2.70. The van der Waals surface area contributed by atoms with Gasteiger partial charge in [0.2, 0.25) is 0 Å². The number of hydrogen-bond acceptors (Lipinski definition) is 2. The van der Waals surface area contributed by atoms with Crippen LogP contribution in [0.15, 0.2) is 224 Å². The lowest BCUT2D eigenvalue weighted by atomic mass is 9.69. The zero-order chi connectivity index (χ0) is 50.2. The Labute approximate surface area is 443 Å². The molecule has 0 fully saturated rings. The fourth-order valence-electron chi connectivity index (χ4n) is 16.3. The van der Waals surface area contributed by atoms with E-state index in [-0.39, 0.29) is 10.8 Å². The van der Waals surface area contributed by atoms with Gasteiger partial charge in [-0.1, -0.05) is 191 Å². The van der Waals surface area contributed by atoms with E-state index in [2.05, 4.69) is 257 Å². The minimum atomic E-state index is -0.571. The van der Waals surface area contributed by atoms with Crippen LogP contribution < -0.4 is 9.64 Å². The van der Waals surface area contributed by atoms with Crippen molar-refractivity contribution >= 4 is 17.1 Å². The number of benzene rings is 11. The lowest BCUT2D eigenvalue weighted by molar-refractivity contribution is 0.474. The summed E-state index contributed by atoms with van der Waals surface area (Å²) in [5, 5.41) is 0. The highest BCUT2D eigenvalue weighted by atomic mass is 16.5. The molecule has 0 N–H and O–H groups in total. The van der Waals surface area contributed by atoms with Crippen molar-refractivity contribution in [1.29, 1.82) is 0 Å². The Hall–Kier alpha value is -8.98. The van der Waals surface area contributed by atoms with Crippen molar-refractivity contribution in [3.05, 3.63) is 291 Å². The predicted octanol–water partition coefficient (Wildman–Crippen LogP) is 18.6. The SMILES string of the molecule is CC1(C)c2ccccc2-c2cc3c(cc21)-c1cc2c(cc1C31c3ccccc3-c3ccccc31)Oc1cc3c(cc1N2c1ccccc1)-c1cc2c(cc1C31c3ccccc3-c3ccccc31)-c1ccccc1C2(C)C. The highest BCUT2D eigenvalue weighted by Gasteiger charge is 2.56. The molecule has 0 unspecified atom stereocenters. The minimum Gasteiger partial charge on any atom is -0.453 e. The van der Waals surface area contributed by atoms with E-state index in [1.807, 2.05) is 0 Å². The van der Waals surface area contributed by atoms with Gasteiger partial charge >= 0.3 is 0 Å². The maximum atomic E-state index is 7.71. The number of anilines is 3. The Morgan fingerprint density at radius 3 is 0.908 bits per heavy atom. The van der Waals surface area contributed by atoms with Gasteiger partial charge in [0, 0.05) is 16.5 Å². The number of rotatable bonds is 1. The van der Waals surface area contributed by atoms with Crippen molar-refractivity contribution in [3.8, 4) is 78.3 Å². The first-order chi connectivity index (χ1) is 37.2. The molecule has 0 amide bonds. The summed E-state index contributed by atoms with van der Waals surface area (Å²) in [5.74, 6) is 1.72. The van der Waals surface area contributed by atoms with Crippen LogP contribution in [0.4, 0.5) is 17.1 Å². The Morgan fingerprint density at radius 1 is 0.250 bits per heavy atom. The fraction of sp³-hybridized carbons (Fsp3) is 0.108. The van der Waals surface area contributed by atoms with Crippen LogP contribution in [0.3, 0.4) is 0 Å². The molecule has 356 valence electrons. The molecule has 0 radical (unpaired) electrons. The number of fused-ring (bicyclic) bond motifs is 28. The molecule has 0 saturated heterocycles. The average molecular weight is 968 g/mol. The Kier molecular flexibility index (Phi) is 7.43. The minimum absolute atomic E-state index is 0.165. The molecule has 2 heteroatoms. The molecular weight excluding hydrogens is 919 g/mol.